The number of hydrogen-bond acceptors (Lipinski definition) is 2. The summed E-state index contributed by atoms with van der Waals surface area (Å²) in [6, 6.07) is 8.10. The fourth-order valence-electron chi connectivity index (χ4n) is 3.07. The van der Waals surface area contributed by atoms with E-state index in [1.807, 2.05) is 36.2 Å². The van der Waals surface area contributed by atoms with Crippen LogP contribution in [0.2, 0.25) is 0 Å². The quantitative estimate of drug-likeness (QED) is 0.915. The Balaban J connectivity index is 2.05. The molecule has 110 valence electrons. The molecule has 4 heteroatoms. The van der Waals surface area contributed by atoms with Gasteiger partial charge in [0.25, 0.3) is 0 Å². The molecule has 2 rings (SSSR count). The van der Waals surface area contributed by atoms with Crippen LogP contribution in [-0.2, 0) is 11.3 Å². The van der Waals surface area contributed by atoms with Crippen LogP contribution in [0.1, 0.15) is 37.7 Å². The van der Waals surface area contributed by atoms with Gasteiger partial charge in [-0.15, -0.1) is 0 Å². The Kier molecular flexibility index (Phi) is 5.22. The van der Waals surface area contributed by atoms with E-state index >= 15 is 0 Å². The van der Waals surface area contributed by atoms with Crippen LogP contribution in [0.25, 0.3) is 0 Å². The molecule has 1 aromatic rings. The van der Waals surface area contributed by atoms with Gasteiger partial charge in [-0.25, -0.2) is 0 Å². The summed E-state index contributed by atoms with van der Waals surface area (Å²) < 4.78 is 1.06. The van der Waals surface area contributed by atoms with Gasteiger partial charge in [0.1, 0.15) is 0 Å². The van der Waals surface area contributed by atoms with Crippen LogP contribution in [0.5, 0.6) is 0 Å². The maximum absolute atomic E-state index is 12.8. The zero-order valence-corrected chi connectivity index (χ0v) is 13.7. The van der Waals surface area contributed by atoms with Crippen molar-refractivity contribution >= 4 is 21.8 Å². The minimum Gasteiger partial charge on any atom is -0.341 e. The fourth-order valence-corrected chi connectivity index (χ4v) is 3.34. The zero-order chi connectivity index (χ0) is 14.6. The molecular weight excluding hydrogens is 316 g/mol. The molecule has 1 fully saturated rings. The Labute approximate surface area is 129 Å². The van der Waals surface area contributed by atoms with Gasteiger partial charge in [-0.1, -0.05) is 47.3 Å². The van der Waals surface area contributed by atoms with E-state index in [1.54, 1.807) is 0 Å². The van der Waals surface area contributed by atoms with Crippen LogP contribution >= 0.6 is 15.9 Å². The van der Waals surface area contributed by atoms with Crippen molar-refractivity contribution in [2.75, 3.05) is 13.6 Å². The van der Waals surface area contributed by atoms with Crippen molar-refractivity contribution in [2.45, 2.75) is 38.6 Å². The van der Waals surface area contributed by atoms with Crippen LogP contribution in [0.3, 0.4) is 0 Å². The second kappa shape index (κ2) is 6.72. The summed E-state index contributed by atoms with van der Waals surface area (Å²) in [5.41, 5.74) is 6.76. The third-order valence-electron chi connectivity index (χ3n) is 4.33. The number of carbonyl (C=O) groups is 1. The highest BCUT2D eigenvalue weighted by molar-refractivity contribution is 9.10. The molecule has 0 atom stereocenters. The SMILES string of the molecule is CN(Cc1ccc(Br)cc1)C(=O)C1(CN)CCCCC1. The van der Waals surface area contributed by atoms with Crippen LogP contribution in [-0.4, -0.2) is 24.4 Å². The number of carbonyl (C=O) groups excluding carboxylic acids is 1. The van der Waals surface area contributed by atoms with Gasteiger partial charge in [0, 0.05) is 24.6 Å². The normalized spacial score (nSPS) is 17.8. The smallest absolute Gasteiger partial charge is 0.230 e. The lowest BCUT2D eigenvalue weighted by molar-refractivity contribution is -0.142. The average Bonchev–Trinajstić information content (AvgIpc) is 2.49. The molecule has 3 nitrogen and oxygen atoms in total. The molecule has 0 aromatic heterocycles. The number of halogens is 1. The molecule has 0 saturated heterocycles. The lowest BCUT2D eigenvalue weighted by Crippen LogP contribution is -2.47. The van der Waals surface area contributed by atoms with Crippen molar-refractivity contribution in [2.24, 2.45) is 11.1 Å². The molecule has 1 aromatic carbocycles. The minimum absolute atomic E-state index is 0.211. The highest BCUT2D eigenvalue weighted by Crippen LogP contribution is 2.37. The second-order valence-electron chi connectivity index (χ2n) is 5.83. The van der Waals surface area contributed by atoms with Crippen molar-refractivity contribution in [3.63, 3.8) is 0 Å². The summed E-state index contributed by atoms with van der Waals surface area (Å²) >= 11 is 3.43. The predicted molar refractivity (Wildman–Crippen MR) is 85.2 cm³/mol. The van der Waals surface area contributed by atoms with Gasteiger partial charge in [0.05, 0.1) is 5.41 Å². The van der Waals surface area contributed by atoms with Gasteiger partial charge in [0.2, 0.25) is 5.91 Å². The molecule has 0 radical (unpaired) electrons. The first-order valence-corrected chi connectivity index (χ1v) is 8.07. The van der Waals surface area contributed by atoms with Crippen molar-refractivity contribution < 1.29 is 4.79 Å². The van der Waals surface area contributed by atoms with E-state index in [-0.39, 0.29) is 11.3 Å². The Bertz CT molecular complexity index is 452. The van der Waals surface area contributed by atoms with Gasteiger partial charge in [0.15, 0.2) is 0 Å². The number of hydrogen-bond donors (Lipinski definition) is 1. The van der Waals surface area contributed by atoms with Crippen LogP contribution < -0.4 is 5.73 Å². The number of nitrogens with two attached hydrogens (primary N) is 1. The lowest BCUT2D eigenvalue weighted by Gasteiger charge is -2.37. The van der Waals surface area contributed by atoms with E-state index in [0.717, 1.165) is 35.7 Å². The Morgan fingerprint density at radius 2 is 1.85 bits per heavy atom. The third kappa shape index (κ3) is 3.41. The number of amides is 1. The van der Waals surface area contributed by atoms with E-state index in [1.165, 1.54) is 6.42 Å². The molecule has 0 unspecified atom stereocenters. The molecule has 0 aliphatic heterocycles. The Morgan fingerprint density at radius 3 is 2.40 bits per heavy atom. The summed E-state index contributed by atoms with van der Waals surface area (Å²) in [5.74, 6) is 0.211. The van der Waals surface area contributed by atoms with Crippen LogP contribution in [0.15, 0.2) is 28.7 Å². The van der Waals surface area contributed by atoms with E-state index < -0.39 is 0 Å². The molecule has 0 heterocycles. The van der Waals surface area contributed by atoms with E-state index in [2.05, 4.69) is 15.9 Å². The summed E-state index contributed by atoms with van der Waals surface area (Å²) in [5, 5.41) is 0. The molecule has 0 spiro atoms. The largest absolute Gasteiger partial charge is 0.341 e. The minimum atomic E-state index is -0.317. The van der Waals surface area contributed by atoms with Crippen molar-refractivity contribution in [3.05, 3.63) is 34.3 Å². The first kappa shape index (κ1) is 15.5. The lowest BCUT2D eigenvalue weighted by atomic mass is 9.73. The third-order valence-corrected chi connectivity index (χ3v) is 4.86. The highest BCUT2D eigenvalue weighted by atomic mass is 79.9. The predicted octanol–water partition coefficient (Wildman–Crippen LogP) is 3.32. The monoisotopic (exact) mass is 338 g/mol. The van der Waals surface area contributed by atoms with Gasteiger partial charge >= 0.3 is 0 Å². The number of rotatable bonds is 4. The van der Waals surface area contributed by atoms with Gasteiger partial charge in [-0.05, 0) is 30.5 Å². The number of benzene rings is 1. The van der Waals surface area contributed by atoms with Gasteiger partial charge < -0.3 is 10.6 Å². The molecule has 1 saturated carbocycles. The molecule has 1 aliphatic carbocycles. The zero-order valence-electron chi connectivity index (χ0n) is 12.1. The molecule has 2 N–H and O–H groups in total. The van der Waals surface area contributed by atoms with E-state index in [9.17, 15) is 4.79 Å². The highest BCUT2D eigenvalue weighted by Gasteiger charge is 2.39. The second-order valence-corrected chi connectivity index (χ2v) is 6.75. The molecule has 20 heavy (non-hydrogen) atoms. The van der Waals surface area contributed by atoms with Crippen LogP contribution in [0.4, 0.5) is 0 Å². The summed E-state index contributed by atoms with van der Waals surface area (Å²) in [4.78, 5) is 14.6. The molecule has 1 aliphatic rings. The maximum Gasteiger partial charge on any atom is 0.230 e. The van der Waals surface area contributed by atoms with Gasteiger partial charge in [-0.2, -0.15) is 0 Å². The van der Waals surface area contributed by atoms with Crippen molar-refractivity contribution in [1.82, 2.24) is 4.90 Å². The van der Waals surface area contributed by atoms with Crippen molar-refractivity contribution in [1.29, 1.82) is 0 Å². The fraction of sp³-hybridized carbons (Fsp3) is 0.562. The maximum atomic E-state index is 12.8. The summed E-state index contributed by atoms with van der Waals surface area (Å²) in [7, 11) is 1.89. The standard InChI is InChI=1S/C16H23BrN2O/c1-19(11-13-5-7-14(17)8-6-13)15(20)16(12-18)9-3-2-4-10-16/h5-8H,2-4,9-12,18H2,1H3. The van der Waals surface area contributed by atoms with Gasteiger partial charge in [-0.3, -0.25) is 4.79 Å². The summed E-state index contributed by atoms with van der Waals surface area (Å²) in [6.45, 7) is 1.12. The number of nitrogens with zero attached hydrogens (tertiary/aromatic N) is 1. The van der Waals surface area contributed by atoms with Crippen molar-refractivity contribution in [3.8, 4) is 0 Å². The van der Waals surface area contributed by atoms with E-state index in [0.29, 0.717) is 13.1 Å². The first-order valence-electron chi connectivity index (χ1n) is 7.27. The average molecular weight is 339 g/mol. The molecule has 0 bridgehead atoms. The molecular formula is C16H23BrN2O. The summed E-state index contributed by atoms with van der Waals surface area (Å²) in [6.07, 6.45) is 5.34. The Morgan fingerprint density at radius 1 is 1.25 bits per heavy atom. The van der Waals surface area contributed by atoms with E-state index in [4.69, 9.17) is 5.73 Å². The first-order chi connectivity index (χ1) is 9.57. The van der Waals surface area contributed by atoms with Crippen LogP contribution in [0, 0.1) is 5.41 Å². The Hall–Kier alpha value is -0.870. The topological polar surface area (TPSA) is 46.3 Å². The molecule has 1 amide bonds.